The van der Waals surface area contributed by atoms with Crippen molar-refractivity contribution in [3.8, 4) is 0 Å². The Labute approximate surface area is 223 Å². The van der Waals surface area contributed by atoms with E-state index >= 15 is 0 Å². The van der Waals surface area contributed by atoms with E-state index in [1.165, 1.54) is 24.1 Å². The number of methoxy groups -OCH3 is 1. The molecule has 0 bridgehead atoms. The first-order valence-electron chi connectivity index (χ1n) is 11.4. The van der Waals surface area contributed by atoms with Gasteiger partial charge in [-0.15, -0.1) is 0 Å². The van der Waals surface area contributed by atoms with Crippen molar-refractivity contribution in [3.05, 3.63) is 135 Å². The molecule has 0 saturated carbocycles. The Bertz CT molecular complexity index is 1550. The van der Waals surface area contributed by atoms with Gasteiger partial charge in [-0.25, -0.2) is 9.18 Å². The Morgan fingerprint density at radius 1 is 0.865 bits per heavy atom. The Kier molecular flexibility index (Phi) is 6.83. The minimum Gasteiger partial charge on any atom is -0.465 e. The van der Waals surface area contributed by atoms with Crippen LogP contribution in [-0.4, -0.2) is 19.0 Å². The molecule has 184 valence electrons. The molecule has 4 aromatic carbocycles. The van der Waals surface area contributed by atoms with Crippen molar-refractivity contribution < 1.29 is 18.7 Å². The van der Waals surface area contributed by atoms with Crippen LogP contribution in [0.5, 0.6) is 0 Å². The van der Waals surface area contributed by atoms with E-state index in [2.05, 4.69) is 0 Å². The number of benzene rings is 4. The average molecular weight is 532 g/mol. The van der Waals surface area contributed by atoms with Gasteiger partial charge in [-0.2, -0.15) is 0 Å². The lowest BCUT2D eigenvalue weighted by Crippen LogP contribution is -2.26. The van der Waals surface area contributed by atoms with Crippen LogP contribution in [0.2, 0.25) is 10.0 Å². The highest BCUT2D eigenvalue weighted by Gasteiger charge is 2.37. The molecule has 1 aliphatic rings. The Hall–Kier alpha value is -3.93. The molecule has 37 heavy (non-hydrogen) atoms. The van der Waals surface area contributed by atoms with Gasteiger partial charge in [-0.05, 0) is 53.1 Å². The van der Waals surface area contributed by atoms with Crippen LogP contribution in [0.25, 0.3) is 11.1 Å². The topological polar surface area (TPSA) is 46.6 Å². The molecular formula is C30H20Cl2FNO3. The molecule has 5 rings (SSSR count). The molecule has 0 fully saturated rings. The summed E-state index contributed by atoms with van der Waals surface area (Å²) in [6, 6.07) is 25.9. The quantitative estimate of drug-likeness (QED) is 0.199. The molecule has 7 heteroatoms. The number of fused-ring (bicyclic) bond motifs is 1. The van der Waals surface area contributed by atoms with Crippen LogP contribution in [-0.2, 0) is 16.1 Å². The number of carbonyl (C=O) groups excluding carboxylic acids is 2. The highest BCUT2D eigenvalue weighted by molar-refractivity contribution is 6.43. The van der Waals surface area contributed by atoms with Crippen molar-refractivity contribution in [1.82, 2.24) is 0 Å². The standard InChI is InChI=1S/C30H20Cl2FNO3/c1-37-30(36)21-9-5-6-18(14-21)17-34-28-24(15-23(33)16-25(28)32)27(29(34)35)26(19-7-3-2-4-8-19)20-10-12-22(31)13-11-20/h2-16H,17H2,1H3/b27-26+. The van der Waals surface area contributed by atoms with Gasteiger partial charge in [0.25, 0.3) is 5.91 Å². The molecule has 0 aliphatic carbocycles. The summed E-state index contributed by atoms with van der Waals surface area (Å²) in [7, 11) is 1.31. The van der Waals surface area contributed by atoms with Crippen LogP contribution in [0.15, 0.2) is 91.0 Å². The van der Waals surface area contributed by atoms with E-state index in [0.29, 0.717) is 38.5 Å². The summed E-state index contributed by atoms with van der Waals surface area (Å²) < 4.78 is 19.5. The number of halogens is 3. The highest BCUT2D eigenvalue weighted by atomic mass is 35.5. The fourth-order valence-electron chi connectivity index (χ4n) is 4.55. The second kappa shape index (κ2) is 10.2. The maximum atomic E-state index is 14.7. The Morgan fingerprint density at radius 3 is 2.24 bits per heavy atom. The molecule has 1 heterocycles. The van der Waals surface area contributed by atoms with Crippen LogP contribution < -0.4 is 4.90 Å². The van der Waals surface area contributed by atoms with Crippen molar-refractivity contribution in [2.24, 2.45) is 0 Å². The fraction of sp³-hybridized carbons (Fsp3) is 0.0667. The Morgan fingerprint density at radius 2 is 1.54 bits per heavy atom. The van der Waals surface area contributed by atoms with Crippen molar-refractivity contribution >= 4 is 51.9 Å². The third kappa shape index (κ3) is 4.76. The number of carbonyl (C=O) groups is 2. The van der Waals surface area contributed by atoms with Gasteiger partial charge in [0.2, 0.25) is 0 Å². The van der Waals surface area contributed by atoms with Gasteiger partial charge in [-0.1, -0.05) is 77.8 Å². The first kappa shape index (κ1) is 24.8. The van der Waals surface area contributed by atoms with Gasteiger partial charge in [0, 0.05) is 16.2 Å². The van der Waals surface area contributed by atoms with Crippen LogP contribution in [0.3, 0.4) is 0 Å². The molecule has 0 spiro atoms. The molecule has 0 N–H and O–H groups in total. The molecule has 4 aromatic rings. The third-order valence-electron chi connectivity index (χ3n) is 6.16. The van der Waals surface area contributed by atoms with E-state index in [9.17, 15) is 14.0 Å². The molecule has 0 aromatic heterocycles. The summed E-state index contributed by atoms with van der Waals surface area (Å²) in [5.41, 5.74) is 4.36. The minimum atomic E-state index is -0.549. The molecular weight excluding hydrogens is 512 g/mol. The smallest absolute Gasteiger partial charge is 0.337 e. The molecule has 0 unspecified atom stereocenters. The summed E-state index contributed by atoms with van der Waals surface area (Å²) >= 11 is 12.7. The Balaban J connectivity index is 1.73. The van der Waals surface area contributed by atoms with Gasteiger partial charge < -0.3 is 9.64 Å². The number of anilines is 1. The zero-order valence-corrected chi connectivity index (χ0v) is 21.2. The maximum Gasteiger partial charge on any atom is 0.337 e. The van der Waals surface area contributed by atoms with Crippen LogP contribution in [0.1, 0.15) is 32.6 Å². The van der Waals surface area contributed by atoms with Crippen molar-refractivity contribution in [1.29, 1.82) is 0 Å². The normalized spacial score (nSPS) is 13.9. The van der Waals surface area contributed by atoms with Crippen molar-refractivity contribution in [2.45, 2.75) is 6.54 Å². The van der Waals surface area contributed by atoms with Gasteiger partial charge >= 0.3 is 5.97 Å². The SMILES string of the molecule is COC(=O)c1cccc(CN2C(=O)/C(=C(\c3ccccc3)c3ccc(Cl)cc3)c3cc(F)cc(Cl)c32)c1. The molecule has 0 atom stereocenters. The molecule has 0 radical (unpaired) electrons. The summed E-state index contributed by atoms with van der Waals surface area (Å²) in [5.74, 6) is -1.36. The van der Waals surface area contributed by atoms with E-state index in [-0.39, 0.29) is 17.5 Å². The van der Waals surface area contributed by atoms with Crippen molar-refractivity contribution in [3.63, 3.8) is 0 Å². The molecule has 1 aliphatic heterocycles. The largest absolute Gasteiger partial charge is 0.465 e. The summed E-state index contributed by atoms with van der Waals surface area (Å²) in [6.07, 6.45) is 0. The average Bonchev–Trinajstić information content (AvgIpc) is 3.16. The second-order valence-electron chi connectivity index (χ2n) is 8.49. The van der Waals surface area contributed by atoms with E-state index in [4.69, 9.17) is 27.9 Å². The summed E-state index contributed by atoms with van der Waals surface area (Å²) in [6.45, 7) is 0.119. The van der Waals surface area contributed by atoms with Crippen LogP contribution >= 0.6 is 23.2 Å². The molecule has 0 saturated heterocycles. The van der Waals surface area contributed by atoms with Gasteiger partial charge in [0.15, 0.2) is 0 Å². The highest BCUT2D eigenvalue weighted by Crippen LogP contribution is 2.47. The number of rotatable bonds is 5. The van der Waals surface area contributed by atoms with E-state index in [1.807, 2.05) is 42.5 Å². The lowest BCUT2D eigenvalue weighted by Gasteiger charge is -2.19. The number of hydrogen-bond donors (Lipinski definition) is 0. The predicted molar refractivity (Wildman–Crippen MR) is 144 cm³/mol. The minimum absolute atomic E-state index is 0.117. The lowest BCUT2D eigenvalue weighted by atomic mass is 9.90. The van der Waals surface area contributed by atoms with Crippen LogP contribution in [0.4, 0.5) is 10.1 Å². The van der Waals surface area contributed by atoms with Gasteiger partial charge in [0.1, 0.15) is 5.82 Å². The number of esters is 1. The zero-order valence-electron chi connectivity index (χ0n) is 19.7. The number of ether oxygens (including phenoxy) is 1. The number of hydrogen-bond acceptors (Lipinski definition) is 3. The summed E-state index contributed by atoms with van der Waals surface area (Å²) in [4.78, 5) is 27.7. The lowest BCUT2D eigenvalue weighted by molar-refractivity contribution is -0.113. The summed E-state index contributed by atoms with van der Waals surface area (Å²) in [5, 5.41) is 0.673. The maximum absolute atomic E-state index is 14.7. The molecule has 1 amide bonds. The second-order valence-corrected chi connectivity index (χ2v) is 9.33. The monoisotopic (exact) mass is 531 g/mol. The molecule has 4 nitrogen and oxygen atoms in total. The first-order valence-corrected chi connectivity index (χ1v) is 12.2. The van der Waals surface area contributed by atoms with Gasteiger partial charge in [-0.3, -0.25) is 4.79 Å². The van der Waals surface area contributed by atoms with E-state index < -0.39 is 11.8 Å². The fourth-order valence-corrected chi connectivity index (χ4v) is 4.98. The zero-order chi connectivity index (χ0) is 26.1. The predicted octanol–water partition coefficient (Wildman–Crippen LogP) is 7.43. The first-order chi connectivity index (χ1) is 17.9. The van der Waals surface area contributed by atoms with E-state index in [1.54, 1.807) is 36.4 Å². The van der Waals surface area contributed by atoms with Crippen LogP contribution in [0, 0.1) is 5.82 Å². The number of amides is 1. The van der Waals surface area contributed by atoms with E-state index in [0.717, 1.165) is 11.1 Å². The number of nitrogens with zero attached hydrogens (tertiary/aromatic N) is 1. The van der Waals surface area contributed by atoms with Gasteiger partial charge in [0.05, 0.1) is 35.5 Å². The third-order valence-corrected chi connectivity index (χ3v) is 6.70. The van der Waals surface area contributed by atoms with Crippen molar-refractivity contribution in [2.75, 3.05) is 12.0 Å².